The largest absolute Gasteiger partial charge is 0.395 e. The van der Waals surface area contributed by atoms with Crippen molar-refractivity contribution in [1.82, 2.24) is 9.88 Å². The monoisotopic (exact) mass is 218 g/mol. The van der Waals surface area contributed by atoms with E-state index in [4.69, 9.17) is 5.11 Å². The molecule has 0 amide bonds. The van der Waals surface area contributed by atoms with Gasteiger partial charge in [-0.3, -0.25) is 0 Å². The number of hydrogen-bond acceptors (Lipinski definition) is 2. The first-order valence-electron chi connectivity index (χ1n) is 5.74. The Labute approximate surface area is 95.7 Å². The maximum absolute atomic E-state index is 8.94. The van der Waals surface area contributed by atoms with Gasteiger partial charge < -0.3 is 15.0 Å². The Kier molecular flexibility index (Phi) is 3.59. The van der Waals surface area contributed by atoms with Crippen molar-refractivity contribution in [2.45, 2.75) is 20.0 Å². The number of aromatic nitrogens is 1. The van der Waals surface area contributed by atoms with Crippen LogP contribution in [0.5, 0.6) is 0 Å². The second-order valence-corrected chi connectivity index (χ2v) is 3.91. The van der Waals surface area contributed by atoms with E-state index in [0.717, 1.165) is 13.1 Å². The zero-order valence-corrected chi connectivity index (χ0v) is 9.61. The summed E-state index contributed by atoms with van der Waals surface area (Å²) < 4.78 is 2.08. The molecule has 3 heteroatoms. The molecule has 1 aromatic carbocycles. The summed E-state index contributed by atoms with van der Waals surface area (Å²) in [5.74, 6) is 0. The Hall–Kier alpha value is -1.32. The summed E-state index contributed by atoms with van der Waals surface area (Å²) in [4.78, 5) is 0. The van der Waals surface area contributed by atoms with Crippen molar-refractivity contribution >= 4 is 10.9 Å². The first-order chi connectivity index (χ1) is 7.85. The second kappa shape index (κ2) is 5.14. The molecule has 0 spiro atoms. The van der Waals surface area contributed by atoms with E-state index in [1.165, 1.54) is 16.5 Å². The highest BCUT2D eigenvalue weighted by molar-refractivity contribution is 5.80. The number of nitrogens with one attached hydrogen (secondary N) is 1. The van der Waals surface area contributed by atoms with Crippen molar-refractivity contribution in [2.75, 3.05) is 13.2 Å². The molecule has 0 atom stereocenters. The normalized spacial score (nSPS) is 11.1. The first kappa shape index (κ1) is 11.2. The fourth-order valence-corrected chi connectivity index (χ4v) is 1.93. The number of nitrogens with zero attached hydrogens (tertiary/aromatic N) is 1. The summed E-state index contributed by atoms with van der Waals surface area (Å²) in [5.41, 5.74) is 2.49. The Balaban J connectivity index is 2.26. The zero-order chi connectivity index (χ0) is 11.4. The van der Waals surface area contributed by atoms with Crippen molar-refractivity contribution < 1.29 is 5.11 Å². The molecule has 2 aromatic rings. The van der Waals surface area contributed by atoms with Gasteiger partial charge in [0.2, 0.25) is 0 Å². The van der Waals surface area contributed by atoms with Gasteiger partial charge in [0.1, 0.15) is 0 Å². The van der Waals surface area contributed by atoms with Crippen molar-refractivity contribution in [1.29, 1.82) is 0 Å². The molecule has 1 heterocycles. The lowest BCUT2D eigenvalue weighted by molar-refractivity contribution is 0.278. The number of hydrogen-bond donors (Lipinski definition) is 2. The van der Waals surface area contributed by atoms with Gasteiger partial charge in [0, 0.05) is 24.8 Å². The lowest BCUT2D eigenvalue weighted by atomic mass is 10.1. The minimum absolute atomic E-state index is 0.183. The van der Waals surface area contributed by atoms with Crippen LogP contribution in [-0.2, 0) is 13.1 Å². The molecule has 86 valence electrons. The van der Waals surface area contributed by atoms with Crippen LogP contribution in [0.25, 0.3) is 10.9 Å². The van der Waals surface area contributed by atoms with Gasteiger partial charge in [0.25, 0.3) is 0 Å². The van der Waals surface area contributed by atoms with Gasteiger partial charge in [-0.15, -0.1) is 0 Å². The molecule has 2 N–H and O–H groups in total. The predicted molar refractivity (Wildman–Crippen MR) is 66.4 cm³/mol. The van der Waals surface area contributed by atoms with Crippen LogP contribution in [0.4, 0.5) is 0 Å². The smallest absolute Gasteiger partial charge is 0.0610 e. The van der Waals surface area contributed by atoms with Gasteiger partial charge in [-0.05, 0) is 35.7 Å². The van der Waals surface area contributed by atoms with Gasteiger partial charge in [0.05, 0.1) is 6.61 Å². The Morgan fingerprint density at radius 2 is 2.19 bits per heavy atom. The van der Waals surface area contributed by atoms with E-state index in [0.29, 0.717) is 6.54 Å². The third-order valence-electron chi connectivity index (χ3n) is 2.76. The van der Waals surface area contributed by atoms with Crippen molar-refractivity contribution in [3.63, 3.8) is 0 Å². The number of benzene rings is 1. The summed E-state index contributed by atoms with van der Waals surface area (Å²) in [7, 11) is 0. The van der Waals surface area contributed by atoms with Crippen LogP contribution in [0.3, 0.4) is 0 Å². The lowest BCUT2D eigenvalue weighted by Crippen LogP contribution is -2.11. The SMILES string of the molecule is CCNCc1ccc2c(ccn2CCO)c1. The van der Waals surface area contributed by atoms with Gasteiger partial charge in [-0.25, -0.2) is 0 Å². The van der Waals surface area contributed by atoms with E-state index in [2.05, 4.69) is 41.1 Å². The number of aliphatic hydroxyl groups excluding tert-OH is 1. The van der Waals surface area contributed by atoms with Crippen LogP contribution in [0.15, 0.2) is 30.5 Å². The molecular formula is C13H18N2O. The van der Waals surface area contributed by atoms with Crippen LogP contribution in [-0.4, -0.2) is 22.8 Å². The summed E-state index contributed by atoms with van der Waals surface area (Å²) in [6, 6.07) is 8.56. The quantitative estimate of drug-likeness (QED) is 0.802. The molecule has 3 nitrogen and oxygen atoms in total. The molecule has 0 saturated heterocycles. The van der Waals surface area contributed by atoms with Crippen molar-refractivity contribution in [3.8, 4) is 0 Å². The van der Waals surface area contributed by atoms with Crippen LogP contribution in [0.2, 0.25) is 0 Å². The molecule has 0 aliphatic heterocycles. The summed E-state index contributed by atoms with van der Waals surface area (Å²) in [5, 5.41) is 13.5. The standard InChI is InChI=1S/C13H18N2O/c1-2-14-10-11-3-4-13-12(9-11)5-6-15(13)7-8-16/h3-6,9,14,16H,2,7-8,10H2,1H3. The predicted octanol–water partition coefficient (Wildman–Crippen LogP) is 1.74. The summed E-state index contributed by atoms with van der Waals surface area (Å²) in [6.45, 7) is 4.86. The fourth-order valence-electron chi connectivity index (χ4n) is 1.93. The van der Waals surface area contributed by atoms with Gasteiger partial charge in [0.15, 0.2) is 0 Å². The van der Waals surface area contributed by atoms with Crippen molar-refractivity contribution in [2.24, 2.45) is 0 Å². The molecule has 0 unspecified atom stereocenters. The Morgan fingerprint density at radius 1 is 1.31 bits per heavy atom. The maximum Gasteiger partial charge on any atom is 0.0610 e. The minimum Gasteiger partial charge on any atom is -0.395 e. The fraction of sp³-hybridized carbons (Fsp3) is 0.385. The molecule has 0 fully saturated rings. The summed E-state index contributed by atoms with van der Waals surface area (Å²) >= 11 is 0. The number of rotatable bonds is 5. The summed E-state index contributed by atoms with van der Waals surface area (Å²) in [6.07, 6.45) is 2.03. The molecule has 0 aliphatic rings. The van der Waals surface area contributed by atoms with Crippen LogP contribution in [0.1, 0.15) is 12.5 Å². The molecule has 2 rings (SSSR count). The molecule has 0 saturated carbocycles. The topological polar surface area (TPSA) is 37.2 Å². The number of aliphatic hydroxyl groups is 1. The lowest BCUT2D eigenvalue weighted by Gasteiger charge is -2.05. The van der Waals surface area contributed by atoms with E-state index in [1.807, 2.05) is 6.20 Å². The molecule has 16 heavy (non-hydrogen) atoms. The highest BCUT2D eigenvalue weighted by Crippen LogP contribution is 2.17. The van der Waals surface area contributed by atoms with E-state index < -0.39 is 0 Å². The average molecular weight is 218 g/mol. The average Bonchev–Trinajstić information content (AvgIpc) is 2.70. The molecule has 0 bridgehead atoms. The van der Waals surface area contributed by atoms with Gasteiger partial charge in [-0.2, -0.15) is 0 Å². The Bertz CT molecular complexity index is 462. The zero-order valence-electron chi connectivity index (χ0n) is 9.61. The molecule has 1 aromatic heterocycles. The van der Waals surface area contributed by atoms with Crippen LogP contribution in [0, 0.1) is 0 Å². The second-order valence-electron chi connectivity index (χ2n) is 3.91. The van der Waals surface area contributed by atoms with E-state index in [-0.39, 0.29) is 6.61 Å². The highest BCUT2D eigenvalue weighted by Gasteiger charge is 2.01. The van der Waals surface area contributed by atoms with Gasteiger partial charge >= 0.3 is 0 Å². The van der Waals surface area contributed by atoms with Crippen molar-refractivity contribution in [3.05, 3.63) is 36.0 Å². The third kappa shape index (κ3) is 2.26. The Morgan fingerprint density at radius 3 is 2.94 bits per heavy atom. The van der Waals surface area contributed by atoms with Crippen LogP contribution >= 0.6 is 0 Å². The van der Waals surface area contributed by atoms with E-state index in [9.17, 15) is 0 Å². The molecule has 0 aliphatic carbocycles. The maximum atomic E-state index is 8.94. The first-order valence-corrected chi connectivity index (χ1v) is 5.74. The number of fused-ring (bicyclic) bond motifs is 1. The van der Waals surface area contributed by atoms with Crippen LogP contribution < -0.4 is 5.32 Å². The van der Waals surface area contributed by atoms with E-state index in [1.54, 1.807) is 0 Å². The molecular weight excluding hydrogens is 200 g/mol. The van der Waals surface area contributed by atoms with Gasteiger partial charge in [-0.1, -0.05) is 13.0 Å². The highest BCUT2D eigenvalue weighted by atomic mass is 16.3. The molecule has 0 radical (unpaired) electrons. The minimum atomic E-state index is 0.183. The third-order valence-corrected chi connectivity index (χ3v) is 2.76. The van der Waals surface area contributed by atoms with E-state index >= 15 is 0 Å².